The third kappa shape index (κ3) is 3.50. The number of nitrogens with two attached hydrogens (primary N) is 1. The van der Waals surface area contributed by atoms with Crippen LogP contribution in [0.2, 0.25) is 0 Å². The van der Waals surface area contributed by atoms with Gasteiger partial charge in [-0.25, -0.2) is 4.39 Å². The van der Waals surface area contributed by atoms with Gasteiger partial charge >= 0.3 is 0 Å². The van der Waals surface area contributed by atoms with E-state index in [1.807, 2.05) is 6.07 Å². The number of likely N-dealkylation sites (tertiary alicyclic amines) is 1. The molecular formula is C13H18BrFN2. The maximum Gasteiger partial charge on any atom is 0.124 e. The molecule has 4 heteroatoms. The van der Waals surface area contributed by atoms with Gasteiger partial charge in [0.15, 0.2) is 0 Å². The van der Waals surface area contributed by atoms with Crippen LogP contribution in [0.15, 0.2) is 22.7 Å². The Hall–Kier alpha value is -0.450. The second-order valence-electron chi connectivity index (χ2n) is 4.71. The van der Waals surface area contributed by atoms with Crippen LogP contribution in [-0.4, -0.2) is 24.5 Å². The van der Waals surface area contributed by atoms with E-state index >= 15 is 0 Å². The average Bonchev–Trinajstić information content (AvgIpc) is 2.33. The largest absolute Gasteiger partial charge is 0.330 e. The van der Waals surface area contributed by atoms with E-state index in [2.05, 4.69) is 20.8 Å². The Labute approximate surface area is 110 Å². The van der Waals surface area contributed by atoms with Crippen LogP contribution in [0.4, 0.5) is 4.39 Å². The normalized spacial score (nSPS) is 21.7. The topological polar surface area (TPSA) is 29.3 Å². The zero-order valence-electron chi connectivity index (χ0n) is 9.83. The van der Waals surface area contributed by atoms with E-state index in [1.165, 1.54) is 25.0 Å². The molecule has 1 aliphatic heterocycles. The van der Waals surface area contributed by atoms with Gasteiger partial charge in [0.25, 0.3) is 0 Å². The summed E-state index contributed by atoms with van der Waals surface area (Å²) in [6.07, 6.45) is 2.44. The molecule has 1 aromatic rings. The Kier molecular flexibility index (Phi) is 4.54. The molecule has 17 heavy (non-hydrogen) atoms. The lowest BCUT2D eigenvalue weighted by Gasteiger charge is -2.32. The molecule has 1 aromatic carbocycles. The minimum Gasteiger partial charge on any atom is -0.330 e. The Morgan fingerprint density at radius 1 is 1.47 bits per heavy atom. The van der Waals surface area contributed by atoms with E-state index in [4.69, 9.17) is 5.73 Å². The zero-order chi connectivity index (χ0) is 12.3. The molecule has 0 spiro atoms. The first kappa shape index (κ1) is 13.0. The quantitative estimate of drug-likeness (QED) is 0.930. The third-order valence-corrected chi connectivity index (χ3v) is 4.08. The Morgan fingerprint density at radius 3 is 3.00 bits per heavy atom. The molecule has 94 valence electrons. The van der Waals surface area contributed by atoms with Gasteiger partial charge in [-0.3, -0.25) is 4.90 Å². The number of hydrogen-bond acceptors (Lipinski definition) is 2. The van der Waals surface area contributed by atoms with Crippen LogP contribution in [0.5, 0.6) is 0 Å². The van der Waals surface area contributed by atoms with E-state index in [9.17, 15) is 4.39 Å². The van der Waals surface area contributed by atoms with Crippen molar-refractivity contribution in [3.05, 3.63) is 34.1 Å². The van der Waals surface area contributed by atoms with Crippen LogP contribution in [0.1, 0.15) is 18.4 Å². The van der Waals surface area contributed by atoms with E-state index in [0.29, 0.717) is 5.92 Å². The molecular weight excluding hydrogens is 283 g/mol. The average molecular weight is 301 g/mol. The minimum atomic E-state index is -0.195. The molecule has 0 aliphatic carbocycles. The van der Waals surface area contributed by atoms with Crippen molar-refractivity contribution in [3.8, 4) is 0 Å². The highest BCUT2D eigenvalue weighted by Gasteiger charge is 2.19. The van der Waals surface area contributed by atoms with Crippen molar-refractivity contribution in [2.75, 3.05) is 19.6 Å². The van der Waals surface area contributed by atoms with Gasteiger partial charge in [-0.15, -0.1) is 0 Å². The van der Waals surface area contributed by atoms with E-state index in [-0.39, 0.29) is 5.82 Å². The van der Waals surface area contributed by atoms with E-state index in [0.717, 1.165) is 36.2 Å². The molecule has 0 aromatic heterocycles. The summed E-state index contributed by atoms with van der Waals surface area (Å²) in [7, 11) is 0. The fourth-order valence-electron chi connectivity index (χ4n) is 2.38. The van der Waals surface area contributed by atoms with Crippen molar-refractivity contribution < 1.29 is 4.39 Å². The van der Waals surface area contributed by atoms with Crippen LogP contribution in [0.3, 0.4) is 0 Å². The number of rotatable bonds is 3. The Morgan fingerprint density at radius 2 is 2.29 bits per heavy atom. The predicted octanol–water partition coefficient (Wildman–Crippen LogP) is 2.76. The standard InChI is InChI=1S/C13H18BrFN2/c14-13-6-12(15)4-3-11(13)9-17-5-1-2-10(7-16)8-17/h3-4,6,10H,1-2,5,7-9,16H2. The van der Waals surface area contributed by atoms with E-state index < -0.39 is 0 Å². The fraction of sp³-hybridized carbons (Fsp3) is 0.538. The molecule has 2 nitrogen and oxygen atoms in total. The summed E-state index contributed by atoms with van der Waals surface area (Å²) in [5, 5.41) is 0. The Balaban J connectivity index is 2.00. The predicted molar refractivity (Wildman–Crippen MR) is 71.2 cm³/mol. The minimum absolute atomic E-state index is 0.195. The summed E-state index contributed by atoms with van der Waals surface area (Å²) in [6.45, 7) is 3.80. The SMILES string of the molecule is NCC1CCCN(Cc2ccc(F)cc2Br)C1. The first-order valence-corrected chi connectivity index (χ1v) is 6.84. The summed E-state index contributed by atoms with van der Waals surface area (Å²) >= 11 is 3.41. The van der Waals surface area contributed by atoms with Gasteiger partial charge in [0, 0.05) is 17.6 Å². The number of piperidine rings is 1. The van der Waals surface area contributed by atoms with Gasteiger partial charge in [0.05, 0.1) is 0 Å². The van der Waals surface area contributed by atoms with Gasteiger partial charge in [-0.1, -0.05) is 22.0 Å². The fourth-order valence-corrected chi connectivity index (χ4v) is 2.85. The van der Waals surface area contributed by atoms with Gasteiger partial charge in [-0.2, -0.15) is 0 Å². The molecule has 0 saturated carbocycles. The van der Waals surface area contributed by atoms with Gasteiger partial charge in [0.1, 0.15) is 5.82 Å². The van der Waals surface area contributed by atoms with Crippen LogP contribution in [0.25, 0.3) is 0 Å². The third-order valence-electron chi connectivity index (χ3n) is 3.35. The monoisotopic (exact) mass is 300 g/mol. The molecule has 2 N–H and O–H groups in total. The number of halogens is 2. The molecule has 2 rings (SSSR count). The molecule has 1 unspecified atom stereocenters. The van der Waals surface area contributed by atoms with Crippen molar-refractivity contribution in [1.82, 2.24) is 4.90 Å². The number of nitrogens with zero attached hydrogens (tertiary/aromatic N) is 1. The lowest BCUT2D eigenvalue weighted by molar-refractivity contribution is 0.170. The van der Waals surface area contributed by atoms with Gasteiger partial charge < -0.3 is 5.73 Å². The van der Waals surface area contributed by atoms with E-state index in [1.54, 1.807) is 0 Å². The van der Waals surface area contributed by atoms with Crippen molar-refractivity contribution in [1.29, 1.82) is 0 Å². The lowest BCUT2D eigenvalue weighted by Crippen LogP contribution is -2.37. The second kappa shape index (κ2) is 5.94. The second-order valence-corrected chi connectivity index (χ2v) is 5.57. The molecule has 0 bridgehead atoms. The van der Waals surface area contributed by atoms with Crippen LogP contribution >= 0.6 is 15.9 Å². The highest BCUT2D eigenvalue weighted by molar-refractivity contribution is 9.10. The Bertz CT molecular complexity index is 384. The summed E-state index contributed by atoms with van der Waals surface area (Å²) < 4.78 is 13.8. The smallest absolute Gasteiger partial charge is 0.124 e. The van der Waals surface area contributed by atoms with Crippen LogP contribution in [-0.2, 0) is 6.54 Å². The molecule has 0 amide bonds. The molecule has 1 fully saturated rings. The lowest BCUT2D eigenvalue weighted by atomic mass is 9.98. The summed E-state index contributed by atoms with van der Waals surface area (Å²) in [6, 6.07) is 4.90. The molecule has 0 radical (unpaired) electrons. The highest BCUT2D eigenvalue weighted by atomic mass is 79.9. The molecule has 1 saturated heterocycles. The first-order chi connectivity index (χ1) is 8.19. The molecule has 1 heterocycles. The number of hydrogen-bond donors (Lipinski definition) is 1. The first-order valence-electron chi connectivity index (χ1n) is 6.05. The number of benzene rings is 1. The summed E-state index contributed by atoms with van der Waals surface area (Å²) in [4.78, 5) is 2.40. The van der Waals surface area contributed by atoms with Crippen molar-refractivity contribution in [2.24, 2.45) is 11.7 Å². The van der Waals surface area contributed by atoms with Gasteiger partial charge in [-0.05, 0) is 49.5 Å². The zero-order valence-corrected chi connectivity index (χ0v) is 11.4. The summed E-state index contributed by atoms with van der Waals surface area (Å²) in [5.41, 5.74) is 6.87. The maximum absolute atomic E-state index is 13.0. The molecule has 1 aliphatic rings. The molecule has 1 atom stereocenters. The van der Waals surface area contributed by atoms with Crippen molar-refractivity contribution in [3.63, 3.8) is 0 Å². The summed E-state index contributed by atoms with van der Waals surface area (Å²) in [5.74, 6) is 0.419. The maximum atomic E-state index is 13.0. The van der Waals surface area contributed by atoms with Crippen LogP contribution in [0, 0.1) is 11.7 Å². The van der Waals surface area contributed by atoms with Crippen molar-refractivity contribution >= 4 is 15.9 Å². The van der Waals surface area contributed by atoms with Crippen LogP contribution < -0.4 is 5.73 Å². The highest BCUT2D eigenvalue weighted by Crippen LogP contribution is 2.22. The van der Waals surface area contributed by atoms with Crippen molar-refractivity contribution in [2.45, 2.75) is 19.4 Å². The van der Waals surface area contributed by atoms with Gasteiger partial charge in [0.2, 0.25) is 0 Å².